The van der Waals surface area contributed by atoms with E-state index < -0.39 is 0 Å². The van der Waals surface area contributed by atoms with Crippen molar-refractivity contribution in [1.82, 2.24) is 19.7 Å². The van der Waals surface area contributed by atoms with Crippen LogP contribution in [-0.2, 0) is 7.05 Å². The quantitative estimate of drug-likeness (QED) is 0.824. The lowest BCUT2D eigenvalue weighted by Gasteiger charge is -2.23. The highest BCUT2D eigenvalue weighted by Crippen LogP contribution is 2.23. The molecule has 2 heterocycles. The van der Waals surface area contributed by atoms with Gasteiger partial charge in [-0.2, -0.15) is 5.10 Å². The van der Waals surface area contributed by atoms with Crippen molar-refractivity contribution in [2.75, 3.05) is 13.1 Å². The Kier molecular flexibility index (Phi) is 5.12. The van der Waals surface area contributed by atoms with Gasteiger partial charge in [0.15, 0.2) is 0 Å². The maximum atomic E-state index is 12.5. The molecule has 0 aliphatic rings. The Balaban J connectivity index is 2.14. The van der Waals surface area contributed by atoms with Gasteiger partial charge in [-0.1, -0.05) is 20.3 Å². The van der Waals surface area contributed by atoms with Gasteiger partial charge in [0.1, 0.15) is 10.7 Å². The standard InChI is InChI=1S/C15H22N4OS/c1-5-11(3)8-19(6-2)15(20)13-10-21-14(17-13)12-7-16-18(4)9-12/h7,9-11H,5-6,8H2,1-4H3/t11-/m0/s1. The van der Waals surface area contributed by atoms with Crippen LogP contribution in [0.2, 0.25) is 0 Å². The third-order valence-electron chi connectivity index (χ3n) is 3.57. The molecule has 0 aliphatic heterocycles. The fourth-order valence-corrected chi connectivity index (χ4v) is 2.83. The first-order valence-corrected chi connectivity index (χ1v) is 8.16. The molecule has 0 unspecified atom stereocenters. The maximum absolute atomic E-state index is 12.5. The Morgan fingerprint density at radius 3 is 2.81 bits per heavy atom. The number of carbonyl (C=O) groups is 1. The minimum absolute atomic E-state index is 0.0178. The maximum Gasteiger partial charge on any atom is 0.273 e. The summed E-state index contributed by atoms with van der Waals surface area (Å²) in [6.07, 6.45) is 4.75. The van der Waals surface area contributed by atoms with Crippen LogP contribution in [0.15, 0.2) is 17.8 Å². The normalized spacial score (nSPS) is 12.4. The predicted octanol–water partition coefficient (Wildman–Crippen LogP) is 3.05. The van der Waals surface area contributed by atoms with Crippen molar-refractivity contribution in [3.8, 4) is 10.6 Å². The fraction of sp³-hybridized carbons (Fsp3) is 0.533. The average molecular weight is 306 g/mol. The van der Waals surface area contributed by atoms with Gasteiger partial charge in [0.05, 0.1) is 6.20 Å². The minimum Gasteiger partial charge on any atom is -0.337 e. The van der Waals surface area contributed by atoms with E-state index in [2.05, 4.69) is 23.9 Å². The van der Waals surface area contributed by atoms with E-state index in [0.29, 0.717) is 18.2 Å². The van der Waals surface area contributed by atoms with E-state index >= 15 is 0 Å². The number of thiazole rings is 1. The molecule has 1 amide bonds. The van der Waals surface area contributed by atoms with Crippen molar-refractivity contribution in [2.24, 2.45) is 13.0 Å². The summed E-state index contributed by atoms with van der Waals surface area (Å²) in [4.78, 5) is 18.9. The first-order chi connectivity index (χ1) is 10.0. The number of amides is 1. The van der Waals surface area contributed by atoms with Gasteiger partial charge in [-0.25, -0.2) is 4.98 Å². The zero-order chi connectivity index (χ0) is 15.4. The molecular weight excluding hydrogens is 284 g/mol. The second kappa shape index (κ2) is 6.85. The van der Waals surface area contributed by atoms with Gasteiger partial charge in [-0.05, 0) is 12.8 Å². The van der Waals surface area contributed by atoms with Gasteiger partial charge in [0.25, 0.3) is 5.91 Å². The first-order valence-electron chi connectivity index (χ1n) is 7.28. The largest absolute Gasteiger partial charge is 0.337 e. The minimum atomic E-state index is 0.0178. The van der Waals surface area contributed by atoms with Crippen LogP contribution >= 0.6 is 11.3 Å². The molecule has 0 N–H and O–H groups in total. The molecule has 1 atom stereocenters. The van der Waals surface area contributed by atoms with E-state index in [1.807, 2.05) is 30.4 Å². The zero-order valence-corrected chi connectivity index (χ0v) is 13.9. The molecule has 6 heteroatoms. The molecule has 0 fully saturated rings. The SMILES string of the molecule is CC[C@H](C)CN(CC)C(=O)c1csc(-c2cnn(C)c2)n1. The van der Waals surface area contributed by atoms with E-state index in [4.69, 9.17) is 0 Å². The number of nitrogens with zero attached hydrogens (tertiary/aromatic N) is 4. The molecule has 2 aromatic rings. The van der Waals surface area contributed by atoms with Crippen LogP contribution in [0.1, 0.15) is 37.7 Å². The van der Waals surface area contributed by atoms with Crippen LogP contribution < -0.4 is 0 Å². The number of hydrogen-bond donors (Lipinski definition) is 0. The third-order valence-corrected chi connectivity index (χ3v) is 4.46. The molecule has 2 aromatic heterocycles. The lowest BCUT2D eigenvalue weighted by Crippen LogP contribution is -2.34. The molecule has 0 spiro atoms. The molecule has 0 aromatic carbocycles. The first kappa shape index (κ1) is 15.7. The molecule has 0 saturated heterocycles. The summed E-state index contributed by atoms with van der Waals surface area (Å²) in [5, 5.41) is 6.81. The highest BCUT2D eigenvalue weighted by Gasteiger charge is 2.19. The van der Waals surface area contributed by atoms with E-state index in [9.17, 15) is 4.79 Å². The van der Waals surface area contributed by atoms with E-state index in [-0.39, 0.29) is 5.91 Å². The smallest absolute Gasteiger partial charge is 0.273 e. The van der Waals surface area contributed by atoms with Gasteiger partial charge in [0, 0.05) is 37.3 Å². The van der Waals surface area contributed by atoms with Gasteiger partial charge in [-0.15, -0.1) is 11.3 Å². The Bertz CT molecular complexity index is 604. The van der Waals surface area contributed by atoms with Crippen LogP contribution in [0.3, 0.4) is 0 Å². The van der Waals surface area contributed by atoms with Crippen molar-refractivity contribution in [3.63, 3.8) is 0 Å². The second-order valence-electron chi connectivity index (χ2n) is 5.30. The number of hydrogen-bond acceptors (Lipinski definition) is 4. The molecule has 0 bridgehead atoms. The van der Waals surface area contributed by atoms with Crippen molar-refractivity contribution in [2.45, 2.75) is 27.2 Å². The fourth-order valence-electron chi connectivity index (χ4n) is 2.06. The number of aryl methyl sites for hydroxylation is 1. The molecule has 0 radical (unpaired) electrons. The highest BCUT2D eigenvalue weighted by atomic mass is 32.1. The Morgan fingerprint density at radius 1 is 1.48 bits per heavy atom. The van der Waals surface area contributed by atoms with Crippen LogP contribution in [0.25, 0.3) is 10.6 Å². The van der Waals surface area contributed by atoms with Gasteiger partial charge >= 0.3 is 0 Å². The number of carbonyl (C=O) groups excluding carboxylic acids is 1. The van der Waals surface area contributed by atoms with Crippen LogP contribution in [0.5, 0.6) is 0 Å². The van der Waals surface area contributed by atoms with Crippen LogP contribution in [-0.4, -0.2) is 38.7 Å². The molecular formula is C15H22N4OS. The Labute approximate surface area is 129 Å². The highest BCUT2D eigenvalue weighted by molar-refractivity contribution is 7.13. The topological polar surface area (TPSA) is 51.0 Å². The monoisotopic (exact) mass is 306 g/mol. The number of aromatic nitrogens is 3. The van der Waals surface area contributed by atoms with Crippen molar-refractivity contribution in [1.29, 1.82) is 0 Å². The van der Waals surface area contributed by atoms with Crippen molar-refractivity contribution >= 4 is 17.2 Å². The summed E-state index contributed by atoms with van der Waals surface area (Å²) in [5.74, 6) is 0.523. The van der Waals surface area contributed by atoms with Gasteiger partial charge in [-0.3, -0.25) is 9.48 Å². The van der Waals surface area contributed by atoms with Crippen molar-refractivity contribution in [3.05, 3.63) is 23.5 Å². The summed E-state index contributed by atoms with van der Waals surface area (Å²) in [5.41, 5.74) is 1.48. The predicted molar refractivity (Wildman–Crippen MR) is 85.3 cm³/mol. The van der Waals surface area contributed by atoms with E-state index in [1.165, 1.54) is 11.3 Å². The van der Waals surface area contributed by atoms with Crippen LogP contribution in [0, 0.1) is 5.92 Å². The summed E-state index contributed by atoms with van der Waals surface area (Å²) in [6, 6.07) is 0. The molecule has 0 saturated carbocycles. The second-order valence-corrected chi connectivity index (χ2v) is 6.16. The van der Waals surface area contributed by atoms with E-state index in [0.717, 1.165) is 23.5 Å². The van der Waals surface area contributed by atoms with Gasteiger partial charge < -0.3 is 4.90 Å². The molecule has 21 heavy (non-hydrogen) atoms. The molecule has 0 aliphatic carbocycles. The molecule has 114 valence electrons. The Hall–Kier alpha value is -1.69. The summed E-state index contributed by atoms with van der Waals surface area (Å²) in [6.45, 7) is 7.81. The summed E-state index contributed by atoms with van der Waals surface area (Å²) in [7, 11) is 1.87. The lowest BCUT2D eigenvalue weighted by atomic mass is 10.1. The van der Waals surface area contributed by atoms with Crippen LogP contribution in [0.4, 0.5) is 0 Å². The van der Waals surface area contributed by atoms with Gasteiger partial charge in [0.2, 0.25) is 0 Å². The molecule has 2 rings (SSSR count). The lowest BCUT2D eigenvalue weighted by molar-refractivity contribution is 0.0736. The Morgan fingerprint density at radius 2 is 2.24 bits per heavy atom. The average Bonchev–Trinajstić information content (AvgIpc) is 3.12. The summed E-state index contributed by atoms with van der Waals surface area (Å²) < 4.78 is 1.74. The third kappa shape index (κ3) is 3.69. The van der Waals surface area contributed by atoms with Crippen molar-refractivity contribution < 1.29 is 4.79 Å². The summed E-state index contributed by atoms with van der Waals surface area (Å²) >= 11 is 1.48. The van der Waals surface area contributed by atoms with E-state index in [1.54, 1.807) is 10.9 Å². The molecule has 5 nitrogen and oxygen atoms in total. The number of rotatable bonds is 6. The zero-order valence-electron chi connectivity index (χ0n) is 13.0.